The van der Waals surface area contributed by atoms with E-state index in [-0.39, 0.29) is 12.5 Å². The molecule has 110 valence electrons. The summed E-state index contributed by atoms with van der Waals surface area (Å²) in [4.78, 5) is 13.9. The third-order valence-electron chi connectivity index (χ3n) is 3.80. The van der Waals surface area contributed by atoms with Crippen LogP contribution in [0.4, 0.5) is 0 Å². The smallest absolute Gasteiger partial charge is 0.236 e. The van der Waals surface area contributed by atoms with Gasteiger partial charge in [-0.05, 0) is 18.9 Å². The molecule has 2 heterocycles. The van der Waals surface area contributed by atoms with Crippen molar-refractivity contribution in [1.82, 2.24) is 20.0 Å². The fraction of sp³-hybridized carbons (Fsp3) is 0.692. The van der Waals surface area contributed by atoms with Gasteiger partial charge >= 0.3 is 0 Å². The minimum absolute atomic E-state index is 0.105. The van der Waals surface area contributed by atoms with Crippen molar-refractivity contribution in [3.05, 3.63) is 17.5 Å². The van der Waals surface area contributed by atoms with Gasteiger partial charge in [-0.15, -0.1) is 0 Å². The van der Waals surface area contributed by atoms with Crippen molar-refractivity contribution in [3.63, 3.8) is 0 Å². The Morgan fingerprint density at radius 1 is 1.50 bits per heavy atom. The molecular weight excluding hydrogens is 260 g/mol. The number of aromatic nitrogens is 2. The van der Waals surface area contributed by atoms with Crippen LogP contribution in [0.1, 0.15) is 30.3 Å². The number of hydrogen-bond acceptors (Lipinski definition) is 5. The highest BCUT2D eigenvalue weighted by atomic mass is 16.3. The molecule has 1 aromatic rings. The highest BCUT2D eigenvalue weighted by molar-refractivity contribution is 5.78. The molecule has 0 spiro atoms. The van der Waals surface area contributed by atoms with Gasteiger partial charge in [-0.25, -0.2) is 0 Å². The Labute approximate surface area is 117 Å². The number of aliphatic hydroxyl groups excluding tert-OH is 2. The maximum Gasteiger partial charge on any atom is 0.236 e. The number of rotatable bonds is 5. The monoisotopic (exact) mass is 280 g/mol. The number of hydrogen-bond donors (Lipinski definition) is 3. The van der Waals surface area contributed by atoms with E-state index in [0.29, 0.717) is 37.9 Å². The summed E-state index contributed by atoms with van der Waals surface area (Å²) in [5, 5.41) is 26.0. The van der Waals surface area contributed by atoms with Crippen LogP contribution >= 0.6 is 0 Å². The largest absolute Gasteiger partial charge is 0.393 e. The van der Waals surface area contributed by atoms with Gasteiger partial charge in [-0.1, -0.05) is 0 Å². The molecule has 1 aromatic heterocycles. The van der Waals surface area contributed by atoms with Crippen molar-refractivity contribution < 1.29 is 15.0 Å². The van der Waals surface area contributed by atoms with Gasteiger partial charge in [0.15, 0.2) is 0 Å². The number of aliphatic hydroxyl groups is 2. The molecule has 1 amide bonds. The fourth-order valence-electron chi connectivity index (χ4n) is 2.39. The Bertz CT molecular complexity index is 498. The molecule has 7 nitrogen and oxygen atoms in total. The fourth-order valence-corrected chi connectivity index (χ4v) is 2.39. The predicted octanol–water partition coefficient (Wildman–Crippen LogP) is -0.997. The summed E-state index contributed by atoms with van der Waals surface area (Å²) in [7, 11) is 0. The maximum atomic E-state index is 12.1. The molecule has 7 heteroatoms. The van der Waals surface area contributed by atoms with Crippen molar-refractivity contribution in [2.45, 2.75) is 38.1 Å². The van der Waals surface area contributed by atoms with E-state index in [1.54, 1.807) is 10.7 Å². The van der Waals surface area contributed by atoms with Crippen LogP contribution in [0.15, 0.2) is 6.07 Å². The quantitative estimate of drug-likeness (QED) is 0.644. The first kappa shape index (κ1) is 13.5. The third-order valence-corrected chi connectivity index (χ3v) is 3.80. The Morgan fingerprint density at radius 3 is 3.00 bits per heavy atom. The van der Waals surface area contributed by atoms with Crippen molar-refractivity contribution in [3.8, 4) is 0 Å². The SMILES string of the molecule is O=C(CNC1CC1)N1CCn2nc([C@H](O)CO)cc2C1. The van der Waals surface area contributed by atoms with E-state index in [0.717, 1.165) is 5.69 Å². The normalized spacial score (nSPS) is 19.8. The van der Waals surface area contributed by atoms with E-state index in [9.17, 15) is 9.90 Å². The van der Waals surface area contributed by atoms with Gasteiger partial charge < -0.3 is 20.4 Å². The van der Waals surface area contributed by atoms with Crippen LogP contribution in [0.25, 0.3) is 0 Å². The number of nitrogens with zero attached hydrogens (tertiary/aromatic N) is 3. The molecule has 1 atom stereocenters. The Balaban J connectivity index is 1.61. The summed E-state index contributed by atoms with van der Waals surface area (Å²) >= 11 is 0. The number of carbonyl (C=O) groups is 1. The molecule has 1 saturated carbocycles. The molecule has 2 aliphatic rings. The van der Waals surface area contributed by atoms with Gasteiger partial charge in [-0.2, -0.15) is 5.10 Å². The number of amides is 1. The van der Waals surface area contributed by atoms with E-state index in [4.69, 9.17) is 5.11 Å². The topological polar surface area (TPSA) is 90.6 Å². The van der Waals surface area contributed by atoms with E-state index in [1.165, 1.54) is 12.8 Å². The Kier molecular flexibility index (Phi) is 3.73. The standard InChI is InChI=1S/C13H20N4O3/c18-8-12(19)11-5-10-7-16(3-4-17(10)15-11)13(20)6-14-9-1-2-9/h5,9,12,14,18-19H,1-4,6-8H2/t12-/m1/s1. The minimum atomic E-state index is -0.950. The summed E-state index contributed by atoms with van der Waals surface area (Å²) in [5.41, 5.74) is 1.37. The number of carbonyl (C=O) groups excluding carboxylic acids is 1. The molecule has 0 aromatic carbocycles. The van der Waals surface area contributed by atoms with Gasteiger partial charge in [0.1, 0.15) is 6.10 Å². The summed E-state index contributed by atoms with van der Waals surface area (Å²) in [6.45, 7) is 1.82. The van der Waals surface area contributed by atoms with Gasteiger partial charge in [0.25, 0.3) is 0 Å². The zero-order valence-electron chi connectivity index (χ0n) is 11.3. The molecule has 20 heavy (non-hydrogen) atoms. The summed E-state index contributed by atoms with van der Waals surface area (Å²) < 4.78 is 1.80. The third kappa shape index (κ3) is 2.84. The van der Waals surface area contributed by atoms with Crippen LogP contribution in [0.2, 0.25) is 0 Å². The van der Waals surface area contributed by atoms with E-state index >= 15 is 0 Å². The second-order valence-corrected chi connectivity index (χ2v) is 5.45. The Morgan fingerprint density at radius 2 is 2.30 bits per heavy atom. The van der Waals surface area contributed by atoms with Crippen LogP contribution < -0.4 is 5.32 Å². The van der Waals surface area contributed by atoms with Crippen LogP contribution in [-0.2, 0) is 17.9 Å². The van der Waals surface area contributed by atoms with Crippen molar-refractivity contribution in [1.29, 1.82) is 0 Å². The zero-order valence-corrected chi connectivity index (χ0v) is 11.3. The number of nitrogens with one attached hydrogen (secondary N) is 1. The van der Waals surface area contributed by atoms with Crippen LogP contribution in [0, 0.1) is 0 Å². The van der Waals surface area contributed by atoms with Crippen molar-refractivity contribution in [2.24, 2.45) is 0 Å². The van der Waals surface area contributed by atoms with Crippen LogP contribution in [-0.4, -0.2) is 56.5 Å². The number of fused-ring (bicyclic) bond motifs is 1. The predicted molar refractivity (Wildman–Crippen MR) is 70.7 cm³/mol. The lowest BCUT2D eigenvalue weighted by Crippen LogP contribution is -2.43. The highest BCUT2D eigenvalue weighted by Gasteiger charge is 2.26. The van der Waals surface area contributed by atoms with Crippen molar-refractivity contribution in [2.75, 3.05) is 19.7 Å². The Hall–Kier alpha value is -1.44. The highest BCUT2D eigenvalue weighted by Crippen LogP contribution is 2.19. The molecule has 3 rings (SSSR count). The molecule has 0 saturated heterocycles. The first-order valence-corrected chi connectivity index (χ1v) is 7.04. The van der Waals surface area contributed by atoms with Gasteiger partial charge in [0, 0.05) is 12.6 Å². The average Bonchev–Trinajstić information content (AvgIpc) is 3.20. The van der Waals surface area contributed by atoms with E-state index in [2.05, 4.69) is 10.4 Å². The molecule has 0 unspecified atom stereocenters. The lowest BCUT2D eigenvalue weighted by atomic mass is 10.2. The molecule has 1 aliphatic carbocycles. The van der Waals surface area contributed by atoms with Gasteiger partial charge in [-0.3, -0.25) is 9.48 Å². The van der Waals surface area contributed by atoms with Crippen molar-refractivity contribution >= 4 is 5.91 Å². The second-order valence-electron chi connectivity index (χ2n) is 5.45. The van der Waals surface area contributed by atoms with E-state index < -0.39 is 6.10 Å². The maximum absolute atomic E-state index is 12.1. The lowest BCUT2D eigenvalue weighted by Gasteiger charge is -2.27. The molecule has 0 bridgehead atoms. The summed E-state index contributed by atoms with van der Waals surface area (Å²) in [6.07, 6.45) is 1.39. The molecule has 1 fully saturated rings. The molecular formula is C13H20N4O3. The zero-order chi connectivity index (χ0) is 14.1. The van der Waals surface area contributed by atoms with E-state index in [1.807, 2.05) is 4.90 Å². The van der Waals surface area contributed by atoms with Gasteiger partial charge in [0.2, 0.25) is 5.91 Å². The molecule has 3 N–H and O–H groups in total. The summed E-state index contributed by atoms with van der Waals surface area (Å²) in [5.74, 6) is 0.105. The first-order valence-electron chi connectivity index (χ1n) is 7.04. The molecule has 0 radical (unpaired) electrons. The van der Waals surface area contributed by atoms with Gasteiger partial charge in [0.05, 0.1) is 37.6 Å². The second kappa shape index (κ2) is 5.51. The van der Waals surface area contributed by atoms with Crippen LogP contribution in [0.3, 0.4) is 0 Å². The lowest BCUT2D eigenvalue weighted by molar-refractivity contribution is -0.131. The summed E-state index contributed by atoms with van der Waals surface area (Å²) in [6, 6.07) is 2.29. The van der Waals surface area contributed by atoms with Crippen LogP contribution in [0.5, 0.6) is 0 Å². The average molecular weight is 280 g/mol. The first-order chi connectivity index (χ1) is 9.67. The molecule has 1 aliphatic heterocycles. The minimum Gasteiger partial charge on any atom is -0.393 e.